The van der Waals surface area contributed by atoms with Crippen LogP contribution in [0, 0.1) is 0 Å². The first-order chi connectivity index (χ1) is 5.29. The van der Waals surface area contributed by atoms with E-state index in [1.165, 1.54) is 16.3 Å². The number of rotatable bonds is 3. The molecule has 4 nitrogen and oxygen atoms in total. The molecule has 0 bridgehead atoms. The molecular weight excluding hydrogens is 162 g/mol. The summed E-state index contributed by atoms with van der Waals surface area (Å²) >= 11 is 1.43. The lowest BCUT2D eigenvalue weighted by atomic mass is 10.6. The van der Waals surface area contributed by atoms with E-state index < -0.39 is 0 Å². The molecule has 1 heterocycles. The summed E-state index contributed by atoms with van der Waals surface area (Å²) < 4.78 is 1.53. The maximum absolute atomic E-state index is 11.0. The van der Waals surface area contributed by atoms with E-state index in [9.17, 15) is 4.79 Å². The quantitative estimate of drug-likeness (QED) is 0.531. The summed E-state index contributed by atoms with van der Waals surface area (Å²) in [7, 11) is 0. The lowest BCUT2D eigenvalue weighted by Crippen LogP contribution is -2.16. The van der Waals surface area contributed by atoms with Gasteiger partial charge >= 0.3 is 5.69 Å². The van der Waals surface area contributed by atoms with Gasteiger partial charge in [-0.15, -0.1) is 11.7 Å². The Morgan fingerprint density at radius 2 is 2.64 bits per heavy atom. The molecule has 0 aromatic carbocycles. The Bertz CT molecular complexity index is 301. The highest BCUT2D eigenvalue weighted by atomic mass is 32.2. The molecule has 1 aromatic heterocycles. The molecule has 0 amide bonds. The van der Waals surface area contributed by atoms with Gasteiger partial charge in [-0.05, 0) is 6.26 Å². The number of aromatic nitrogens is 3. The third-order valence-electron chi connectivity index (χ3n) is 1.22. The zero-order valence-corrected chi connectivity index (χ0v) is 7.02. The van der Waals surface area contributed by atoms with Crippen LogP contribution in [0.15, 0.2) is 22.6 Å². The van der Waals surface area contributed by atoms with E-state index in [4.69, 9.17) is 0 Å². The number of hydrogen-bond donors (Lipinski definition) is 1. The predicted molar refractivity (Wildman–Crippen MR) is 44.8 cm³/mol. The van der Waals surface area contributed by atoms with Crippen LogP contribution in [-0.4, -0.2) is 21.0 Å². The van der Waals surface area contributed by atoms with Crippen molar-refractivity contribution in [1.29, 1.82) is 0 Å². The van der Waals surface area contributed by atoms with Crippen LogP contribution >= 0.6 is 11.8 Å². The summed E-state index contributed by atoms with van der Waals surface area (Å²) in [6.45, 7) is 4.05. The van der Waals surface area contributed by atoms with Gasteiger partial charge in [0.2, 0.25) is 0 Å². The maximum atomic E-state index is 11.0. The van der Waals surface area contributed by atoms with Crippen LogP contribution in [0.2, 0.25) is 0 Å². The summed E-state index contributed by atoms with van der Waals surface area (Å²) in [5.74, 6) is 0. The van der Waals surface area contributed by atoms with Crippen LogP contribution in [-0.2, 0) is 6.54 Å². The molecule has 0 aliphatic carbocycles. The van der Waals surface area contributed by atoms with Crippen molar-refractivity contribution in [2.45, 2.75) is 11.7 Å². The number of allylic oxidation sites excluding steroid dienone is 1. The molecule has 5 heteroatoms. The summed E-state index contributed by atoms with van der Waals surface area (Å²) in [6.07, 6.45) is 3.53. The van der Waals surface area contributed by atoms with E-state index in [-0.39, 0.29) is 5.69 Å². The number of nitrogens with zero attached hydrogens (tertiary/aromatic N) is 2. The lowest BCUT2D eigenvalue weighted by molar-refractivity contribution is 0.704. The van der Waals surface area contributed by atoms with Crippen molar-refractivity contribution >= 4 is 11.8 Å². The second-order valence-electron chi connectivity index (χ2n) is 1.91. The van der Waals surface area contributed by atoms with Gasteiger partial charge in [0.1, 0.15) is 0 Å². The Morgan fingerprint density at radius 3 is 3.18 bits per heavy atom. The van der Waals surface area contributed by atoms with Gasteiger partial charge in [-0.3, -0.25) is 4.57 Å². The zero-order chi connectivity index (χ0) is 8.27. The highest BCUT2D eigenvalue weighted by Crippen LogP contribution is 2.06. The Labute approximate surface area is 68.3 Å². The molecule has 0 saturated carbocycles. The Hall–Kier alpha value is -0.970. The zero-order valence-electron chi connectivity index (χ0n) is 6.20. The van der Waals surface area contributed by atoms with E-state index in [0.29, 0.717) is 11.7 Å². The molecule has 1 N–H and O–H groups in total. The minimum atomic E-state index is -0.186. The molecule has 60 valence electrons. The van der Waals surface area contributed by atoms with E-state index in [2.05, 4.69) is 16.8 Å². The molecule has 0 atom stereocenters. The Morgan fingerprint density at radius 1 is 1.91 bits per heavy atom. The summed E-state index contributed by atoms with van der Waals surface area (Å²) in [6, 6.07) is 0. The minimum absolute atomic E-state index is 0.186. The van der Waals surface area contributed by atoms with Gasteiger partial charge in [-0.25, -0.2) is 9.89 Å². The van der Waals surface area contributed by atoms with E-state index >= 15 is 0 Å². The second-order valence-corrected chi connectivity index (χ2v) is 2.69. The smallest absolute Gasteiger partial charge is 0.266 e. The largest absolute Gasteiger partial charge is 0.344 e. The van der Waals surface area contributed by atoms with Crippen LogP contribution in [0.3, 0.4) is 0 Å². The standard InChI is InChI=1S/C6H9N3OS/c1-3-4-9-5(10)7-8-6(9)11-2/h3H,1,4H2,2H3,(H,7,10). The van der Waals surface area contributed by atoms with Crippen LogP contribution in [0.1, 0.15) is 0 Å². The molecular formula is C6H9N3OS. The molecule has 1 rings (SSSR count). The molecule has 0 aliphatic heterocycles. The van der Waals surface area contributed by atoms with Crippen molar-refractivity contribution in [3.05, 3.63) is 23.1 Å². The van der Waals surface area contributed by atoms with E-state index in [0.717, 1.165) is 0 Å². The van der Waals surface area contributed by atoms with Crippen LogP contribution in [0.25, 0.3) is 0 Å². The first kappa shape index (κ1) is 8.13. The van der Waals surface area contributed by atoms with Crippen LogP contribution < -0.4 is 5.69 Å². The minimum Gasteiger partial charge on any atom is -0.266 e. The molecule has 1 aromatic rings. The average molecular weight is 171 g/mol. The van der Waals surface area contributed by atoms with Crippen molar-refractivity contribution in [2.24, 2.45) is 0 Å². The van der Waals surface area contributed by atoms with Gasteiger partial charge in [0.05, 0.1) is 0 Å². The van der Waals surface area contributed by atoms with Crippen molar-refractivity contribution < 1.29 is 0 Å². The van der Waals surface area contributed by atoms with Gasteiger partial charge in [0.15, 0.2) is 5.16 Å². The van der Waals surface area contributed by atoms with Gasteiger partial charge in [0.25, 0.3) is 0 Å². The number of aromatic amines is 1. The van der Waals surface area contributed by atoms with Crippen molar-refractivity contribution in [3.8, 4) is 0 Å². The fraction of sp³-hybridized carbons (Fsp3) is 0.333. The van der Waals surface area contributed by atoms with Crippen molar-refractivity contribution in [3.63, 3.8) is 0 Å². The molecule has 0 fully saturated rings. The number of thioether (sulfide) groups is 1. The number of nitrogens with one attached hydrogen (secondary N) is 1. The second kappa shape index (κ2) is 3.43. The first-order valence-corrected chi connectivity index (χ1v) is 4.32. The average Bonchev–Trinajstić information content (AvgIpc) is 2.34. The topological polar surface area (TPSA) is 50.7 Å². The molecule has 11 heavy (non-hydrogen) atoms. The fourth-order valence-electron chi connectivity index (χ4n) is 0.749. The predicted octanol–water partition coefficient (Wildman–Crippen LogP) is 0.479. The molecule has 0 unspecified atom stereocenters. The third-order valence-corrected chi connectivity index (χ3v) is 1.89. The van der Waals surface area contributed by atoms with E-state index in [1.54, 1.807) is 6.08 Å². The van der Waals surface area contributed by atoms with Crippen LogP contribution in [0.4, 0.5) is 0 Å². The summed E-state index contributed by atoms with van der Waals surface area (Å²) in [4.78, 5) is 11.0. The number of H-pyrrole nitrogens is 1. The van der Waals surface area contributed by atoms with Crippen molar-refractivity contribution in [2.75, 3.05) is 6.26 Å². The molecule has 0 aliphatic rings. The highest BCUT2D eigenvalue weighted by Gasteiger charge is 2.03. The molecule has 0 spiro atoms. The van der Waals surface area contributed by atoms with Gasteiger partial charge < -0.3 is 0 Å². The lowest BCUT2D eigenvalue weighted by Gasteiger charge is -1.96. The van der Waals surface area contributed by atoms with Gasteiger partial charge in [-0.1, -0.05) is 17.8 Å². The van der Waals surface area contributed by atoms with Crippen LogP contribution in [0.5, 0.6) is 0 Å². The first-order valence-electron chi connectivity index (χ1n) is 3.09. The van der Waals surface area contributed by atoms with Crippen molar-refractivity contribution in [1.82, 2.24) is 14.8 Å². The Kier molecular flexibility index (Phi) is 2.53. The monoisotopic (exact) mass is 171 g/mol. The molecule has 0 radical (unpaired) electrons. The summed E-state index contributed by atoms with van der Waals surface area (Å²) in [5, 5.41) is 6.84. The summed E-state index contributed by atoms with van der Waals surface area (Å²) in [5.41, 5.74) is -0.186. The molecule has 0 saturated heterocycles. The number of hydrogen-bond acceptors (Lipinski definition) is 3. The SMILES string of the molecule is C=CCn1c(SC)n[nH]c1=O. The maximum Gasteiger partial charge on any atom is 0.344 e. The normalized spacial score (nSPS) is 9.91. The van der Waals surface area contributed by atoms with E-state index in [1.807, 2.05) is 6.26 Å². The Balaban J connectivity index is 3.06. The van der Waals surface area contributed by atoms with Gasteiger partial charge in [0, 0.05) is 6.54 Å². The third kappa shape index (κ3) is 1.54. The van der Waals surface area contributed by atoms with Gasteiger partial charge in [-0.2, -0.15) is 0 Å². The highest BCUT2D eigenvalue weighted by molar-refractivity contribution is 7.98. The fourth-order valence-corrected chi connectivity index (χ4v) is 1.26.